The Morgan fingerprint density at radius 3 is 2.82 bits per heavy atom. The average molecular weight is 233 g/mol. The first-order chi connectivity index (χ1) is 8.22. The number of benzene rings is 1. The summed E-state index contributed by atoms with van der Waals surface area (Å²) in [6.07, 6.45) is 5.11. The molecule has 2 rings (SSSR count). The van der Waals surface area contributed by atoms with Gasteiger partial charge in [0.15, 0.2) is 0 Å². The molecule has 0 radical (unpaired) electrons. The molecule has 1 aliphatic carbocycles. The number of fused-ring (bicyclic) bond motifs is 1. The average Bonchev–Trinajstić information content (AvgIpc) is 2.52. The van der Waals surface area contributed by atoms with E-state index in [1.807, 2.05) is 6.07 Å². The molecule has 17 heavy (non-hydrogen) atoms. The summed E-state index contributed by atoms with van der Waals surface area (Å²) < 4.78 is 0. The van der Waals surface area contributed by atoms with Crippen molar-refractivity contribution >= 4 is 0 Å². The van der Waals surface area contributed by atoms with Crippen LogP contribution in [0.3, 0.4) is 0 Å². The second kappa shape index (κ2) is 5.19. The monoisotopic (exact) mass is 233 g/mol. The minimum Gasteiger partial charge on any atom is -0.385 e. The number of hydrogen-bond acceptors (Lipinski definition) is 2. The van der Waals surface area contributed by atoms with Gasteiger partial charge >= 0.3 is 0 Å². The van der Waals surface area contributed by atoms with Crippen LogP contribution in [0.5, 0.6) is 0 Å². The van der Waals surface area contributed by atoms with Gasteiger partial charge in [0.25, 0.3) is 0 Å². The van der Waals surface area contributed by atoms with E-state index in [0.29, 0.717) is 6.54 Å². The maximum atomic E-state index is 11.1. The predicted molar refractivity (Wildman–Crippen MR) is 70.7 cm³/mol. The number of aliphatic hydroxyl groups is 1. The Bertz CT molecular complexity index is 373. The van der Waals surface area contributed by atoms with Gasteiger partial charge in [-0.1, -0.05) is 31.2 Å². The van der Waals surface area contributed by atoms with Crippen LogP contribution in [0.15, 0.2) is 24.3 Å². The molecule has 3 N–H and O–H groups in total. The first-order valence-electron chi connectivity index (χ1n) is 6.73. The van der Waals surface area contributed by atoms with E-state index >= 15 is 0 Å². The molecule has 0 aliphatic heterocycles. The molecule has 2 heteroatoms. The van der Waals surface area contributed by atoms with Crippen molar-refractivity contribution in [2.45, 2.75) is 44.6 Å². The predicted octanol–water partition coefficient (Wildman–Crippen LogP) is 2.59. The van der Waals surface area contributed by atoms with Gasteiger partial charge in [-0.15, -0.1) is 0 Å². The Hall–Kier alpha value is -0.860. The highest BCUT2D eigenvalue weighted by molar-refractivity contribution is 5.34. The lowest BCUT2D eigenvalue weighted by atomic mass is 9.76. The van der Waals surface area contributed by atoms with Crippen LogP contribution >= 0.6 is 0 Å². The van der Waals surface area contributed by atoms with Gasteiger partial charge in [-0.3, -0.25) is 0 Å². The fourth-order valence-electron chi connectivity index (χ4n) is 3.13. The fraction of sp³-hybridized carbons (Fsp3) is 0.600. The van der Waals surface area contributed by atoms with Crippen LogP contribution in [0.2, 0.25) is 0 Å². The number of nitrogens with two attached hydrogens (primary N) is 1. The number of rotatable bonds is 3. The lowest BCUT2D eigenvalue weighted by molar-refractivity contribution is -0.0307. The Balaban J connectivity index is 2.46. The van der Waals surface area contributed by atoms with Crippen LogP contribution in [0.4, 0.5) is 0 Å². The van der Waals surface area contributed by atoms with Crippen molar-refractivity contribution in [1.29, 1.82) is 0 Å². The van der Waals surface area contributed by atoms with Crippen molar-refractivity contribution in [2.75, 3.05) is 6.54 Å². The van der Waals surface area contributed by atoms with Gasteiger partial charge in [0.2, 0.25) is 0 Å². The van der Waals surface area contributed by atoms with Crippen molar-refractivity contribution in [3.63, 3.8) is 0 Å². The maximum absolute atomic E-state index is 11.1. The van der Waals surface area contributed by atoms with Gasteiger partial charge in [-0.25, -0.2) is 0 Å². The molecule has 0 fully saturated rings. The zero-order valence-corrected chi connectivity index (χ0v) is 10.7. The van der Waals surface area contributed by atoms with Crippen LogP contribution in [0, 0.1) is 5.92 Å². The molecule has 1 aromatic carbocycles. The van der Waals surface area contributed by atoms with Crippen molar-refractivity contribution in [3.05, 3.63) is 35.4 Å². The summed E-state index contributed by atoms with van der Waals surface area (Å²) in [7, 11) is 0. The highest BCUT2D eigenvalue weighted by atomic mass is 16.3. The molecular weight excluding hydrogens is 210 g/mol. The summed E-state index contributed by atoms with van der Waals surface area (Å²) in [5, 5.41) is 11.1. The third kappa shape index (κ3) is 2.24. The molecule has 2 unspecified atom stereocenters. The van der Waals surface area contributed by atoms with Gasteiger partial charge in [-0.2, -0.15) is 0 Å². The van der Waals surface area contributed by atoms with Gasteiger partial charge in [0, 0.05) is 5.92 Å². The minimum absolute atomic E-state index is 0.168. The summed E-state index contributed by atoms with van der Waals surface area (Å²) in [4.78, 5) is 0. The summed E-state index contributed by atoms with van der Waals surface area (Å²) in [5.74, 6) is 0.168. The van der Waals surface area contributed by atoms with E-state index in [1.165, 1.54) is 12.0 Å². The molecule has 94 valence electrons. The quantitative estimate of drug-likeness (QED) is 0.788. The molecule has 0 heterocycles. The summed E-state index contributed by atoms with van der Waals surface area (Å²) >= 11 is 0. The minimum atomic E-state index is -0.712. The highest BCUT2D eigenvalue weighted by Gasteiger charge is 2.38. The van der Waals surface area contributed by atoms with Crippen LogP contribution in [0.1, 0.15) is 43.7 Å². The van der Waals surface area contributed by atoms with E-state index in [4.69, 9.17) is 5.73 Å². The number of hydrogen-bond donors (Lipinski definition) is 2. The Labute approximate surface area is 104 Å². The third-order valence-electron chi connectivity index (χ3n) is 4.19. The second-order valence-corrected chi connectivity index (χ2v) is 5.13. The largest absolute Gasteiger partial charge is 0.385 e. The summed E-state index contributed by atoms with van der Waals surface area (Å²) in [6.45, 7) is 2.67. The van der Waals surface area contributed by atoms with Gasteiger partial charge in [0.05, 0.1) is 5.60 Å². The van der Waals surface area contributed by atoms with Crippen molar-refractivity contribution in [2.24, 2.45) is 11.7 Å². The molecule has 1 aromatic rings. The molecule has 0 saturated carbocycles. The molecule has 1 aliphatic rings. The summed E-state index contributed by atoms with van der Waals surface area (Å²) in [6, 6.07) is 8.32. The smallest absolute Gasteiger partial charge is 0.0939 e. The second-order valence-electron chi connectivity index (χ2n) is 5.13. The normalized spacial score (nSPS) is 26.1. The van der Waals surface area contributed by atoms with E-state index < -0.39 is 5.60 Å². The van der Waals surface area contributed by atoms with E-state index in [0.717, 1.165) is 31.2 Å². The highest BCUT2D eigenvalue weighted by Crippen LogP contribution is 2.40. The Morgan fingerprint density at radius 1 is 1.35 bits per heavy atom. The molecule has 0 saturated heterocycles. The topological polar surface area (TPSA) is 46.2 Å². The Morgan fingerprint density at radius 2 is 2.12 bits per heavy atom. The van der Waals surface area contributed by atoms with Gasteiger partial charge < -0.3 is 10.8 Å². The standard InChI is InChI=1S/C15H23NO/c1-2-13(11-16)15(17)10-6-5-8-12-7-3-4-9-14(12)15/h3-4,7,9,13,17H,2,5-6,8,10-11,16H2,1H3. The zero-order valence-electron chi connectivity index (χ0n) is 10.7. The van der Waals surface area contributed by atoms with Crippen LogP contribution < -0.4 is 5.73 Å². The molecule has 0 amide bonds. The molecule has 0 bridgehead atoms. The maximum Gasteiger partial charge on any atom is 0.0939 e. The third-order valence-corrected chi connectivity index (χ3v) is 4.19. The lowest BCUT2D eigenvalue weighted by Crippen LogP contribution is -2.39. The van der Waals surface area contributed by atoms with Crippen molar-refractivity contribution < 1.29 is 5.11 Å². The van der Waals surface area contributed by atoms with E-state index in [2.05, 4.69) is 25.1 Å². The van der Waals surface area contributed by atoms with E-state index in [9.17, 15) is 5.11 Å². The molecular formula is C15H23NO. The molecule has 0 aromatic heterocycles. The molecule has 2 atom stereocenters. The number of aryl methyl sites for hydroxylation is 1. The molecule has 0 spiro atoms. The van der Waals surface area contributed by atoms with E-state index in [-0.39, 0.29) is 5.92 Å². The fourth-order valence-corrected chi connectivity index (χ4v) is 3.13. The zero-order chi connectivity index (χ0) is 12.3. The van der Waals surface area contributed by atoms with Gasteiger partial charge in [0.1, 0.15) is 0 Å². The van der Waals surface area contributed by atoms with Crippen molar-refractivity contribution in [3.8, 4) is 0 Å². The summed E-state index contributed by atoms with van der Waals surface area (Å²) in [5.41, 5.74) is 7.56. The van der Waals surface area contributed by atoms with Crippen LogP contribution in [-0.4, -0.2) is 11.7 Å². The SMILES string of the molecule is CCC(CN)C1(O)CCCCc2ccccc21. The Kier molecular flexibility index (Phi) is 3.85. The van der Waals surface area contributed by atoms with Crippen molar-refractivity contribution in [1.82, 2.24) is 0 Å². The lowest BCUT2D eigenvalue weighted by Gasteiger charge is -2.36. The van der Waals surface area contributed by atoms with E-state index in [1.54, 1.807) is 0 Å². The van der Waals surface area contributed by atoms with Gasteiger partial charge in [-0.05, 0) is 49.8 Å². The first-order valence-corrected chi connectivity index (χ1v) is 6.73. The molecule has 2 nitrogen and oxygen atoms in total. The van der Waals surface area contributed by atoms with Crippen LogP contribution in [-0.2, 0) is 12.0 Å². The van der Waals surface area contributed by atoms with Crippen LogP contribution in [0.25, 0.3) is 0 Å². The first kappa shape index (κ1) is 12.6.